The van der Waals surface area contributed by atoms with Crippen molar-refractivity contribution in [2.75, 3.05) is 39.3 Å². The molecule has 1 fully saturated rings. The average molecular weight is 428 g/mol. The van der Waals surface area contributed by atoms with E-state index in [4.69, 9.17) is 16.3 Å². The Morgan fingerprint density at radius 1 is 1.00 bits per heavy atom. The van der Waals surface area contributed by atoms with E-state index in [1.54, 1.807) is 24.0 Å². The molecule has 0 aliphatic carbocycles. The van der Waals surface area contributed by atoms with Crippen LogP contribution in [-0.2, 0) is 17.9 Å². The molecule has 0 unspecified atom stereocenters. The van der Waals surface area contributed by atoms with Gasteiger partial charge in [0.05, 0.1) is 17.1 Å². The molecule has 0 saturated carbocycles. The number of benzene rings is 2. The number of halogens is 1. The van der Waals surface area contributed by atoms with Gasteiger partial charge in [0.1, 0.15) is 12.4 Å². The van der Waals surface area contributed by atoms with Crippen molar-refractivity contribution >= 4 is 23.4 Å². The highest BCUT2D eigenvalue weighted by molar-refractivity contribution is 6.33. The van der Waals surface area contributed by atoms with E-state index in [0.29, 0.717) is 30.3 Å². The van der Waals surface area contributed by atoms with Crippen molar-refractivity contribution in [2.45, 2.75) is 20.0 Å². The molecule has 0 bridgehead atoms. The molecule has 2 aliphatic rings. The highest BCUT2D eigenvalue weighted by Crippen LogP contribution is 2.27. The topological polar surface area (TPSA) is 53.1 Å². The number of fused-ring (bicyclic) bond motifs is 1. The molecule has 4 rings (SSSR count). The van der Waals surface area contributed by atoms with Crippen LogP contribution in [0.15, 0.2) is 42.5 Å². The Labute approximate surface area is 182 Å². The van der Waals surface area contributed by atoms with E-state index in [1.807, 2.05) is 23.1 Å². The fraction of sp³-hybridized carbons (Fsp3) is 0.391. The lowest BCUT2D eigenvalue weighted by atomic mass is 10.1. The van der Waals surface area contributed by atoms with Crippen LogP contribution in [0.1, 0.15) is 28.4 Å². The van der Waals surface area contributed by atoms with Gasteiger partial charge >= 0.3 is 0 Å². The van der Waals surface area contributed by atoms with Crippen molar-refractivity contribution in [1.29, 1.82) is 0 Å². The first-order valence-corrected chi connectivity index (χ1v) is 10.7. The van der Waals surface area contributed by atoms with Crippen molar-refractivity contribution in [3.8, 4) is 5.75 Å². The third-order valence-electron chi connectivity index (χ3n) is 5.72. The monoisotopic (exact) mass is 427 g/mol. The summed E-state index contributed by atoms with van der Waals surface area (Å²) in [4.78, 5) is 30.6. The molecule has 0 radical (unpaired) electrons. The lowest BCUT2D eigenvalue weighted by Crippen LogP contribution is -2.47. The Balaban J connectivity index is 1.46. The largest absolute Gasteiger partial charge is 0.491 e. The fourth-order valence-corrected chi connectivity index (χ4v) is 4.22. The maximum absolute atomic E-state index is 13.0. The van der Waals surface area contributed by atoms with E-state index in [0.717, 1.165) is 44.0 Å². The van der Waals surface area contributed by atoms with Crippen LogP contribution in [0, 0.1) is 0 Å². The summed E-state index contributed by atoms with van der Waals surface area (Å²) in [6.07, 6.45) is 0. The minimum atomic E-state index is -0.0807. The van der Waals surface area contributed by atoms with Gasteiger partial charge in [0.25, 0.3) is 5.91 Å². The van der Waals surface area contributed by atoms with Crippen LogP contribution in [-0.4, -0.2) is 65.8 Å². The van der Waals surface area contributed by atoms with E-state index in [9.17, 15) is 9.59 Å². The zero-order valence-corrected chi connectivity index (χ0v) is 17.9. The minimum absolute atomic E-state index is 0.0807. The summed E-state index contributed by atoms with van der Waals surface area (Å²) in [7, 11) is 0. The maximum Gasteiger partial charge on any atom is 0.255 e. The first-order chi connectivity index (χ1) is 14.5. The molecule has 2 heterocycles. The van der Waals surface area contributed by atoms with Crippen LogP contribution in [0.25, 0.3) is 0 Å². The number of nitrogens with zero attached hydrogens (tertiary/aromatic N) is 3. The number of ether oxygens (including phenoxy) is 1. The van der Waals surface area contributed by atoms with Crippen LogP contribution >= 0.6 is 11.6 Å². The van der Waals surface area contributed by atoms with Gasteiger partial charge in [-0.2, -0.15) is 0 Å². The molecule has 2 aliphatic heterocycles. The van der Waals surface area contributed by atoms with Gasteiger partial charge in [0.15, 0.2) is 0 Å². The molecular weight excluding hydrogens is 402 g/mol. The number of rotatable bonds is 3. The quantitative estimate of drug-likeness (QED) is 0.755. The SMILES string of the molecule is CC(=O)N1CCN(Cc2ccc3c(c2)CN(C(=O)c2ccccc2Cl)CCO3)CC1. The highest BCUT2D eigenvalue weighted by Gasteiger charge is 2.23. The Morgan fingerprint density at radius 3 is 2.50 bits per heavy atom. The zero-order chi connectivity index (χ0) is 21.1. The molecule has 158 valence electrons. The average Bonchev–Trinajstić information content (AvgIpc) is 2.96. The number of hydrogen-bond donors (Lipinski definition) is 0. The second-order valence-electron chi connectivity index (χ2n) is 7.78. The molecule has 30 heavy (non-hydrogen) atoms. The van der Waals surface area contributed by atoms with Gasteiger partial charge in [0, 0.05) is 51.8 Å². The summed E-state index contributed by atoms with van der Waals surface area (Å²) in [5.74, 6) is 0.887. The molecule has 6 nitrogen and oxygen atoms in total. The Bertz CT molecular complexity index is 941. The van der Waals surface area contributed by atoms with Gasteiger partial charge in [0.2, 0.25) is 5.91 Å². The smallest absolute Gasteiger partial charge is 0.255 e. The third kappa shape index (κ3) is 4.60. The van der Waals surface area contributed by atoms with Crippen molar-refractivity contribution in [2.24, 2.45) is 0 Å². The number of carbonyl (C=O) groups is 2. The summed E-state index contributed by atoms with van der Waals surface area (Å²) < 4.78 is 5.90. The second-order valence-corrected chi connectivity index (χ2v) is 8.19. The van der Waals surface area contributed by atoms with Crippen molar-refractivity contribution in [3.05, 3.63) is 64.2 Å². The molecule has 0 N–H and O–H groups in total. The van der Waals surface area contributed by atoms with Crippen LogP contribution < -0.4 is 4.74 Å². The van der Waals surface area contributed by atoms with Crippen LogP contribution in [0.5, 0.6) is 5.75 Å². The number of carbonyl (C=O) groups excluding carboxylic acids is 2. The third-order valence-corrected chi connectivity index (χ3v) is 6.05. The van der Waals surface area contributed by atoms with Gasteiger partial charge < -0.3 is 14.5 Å². The Morgan fingerprint density at radius 2 is 1.77 bits per heavy atom. The number of hydrogen-bond acceptors (Lipinski definition) is 4. The predicted molar refractivity (Wildman–Crippen MR) is 116 cm³/mol. The van der Waals surface area contributed by atoms with E-state index in [2.05, 4.69) is 17.0 Å². The molecule has 1 saturated heterocycles. The maximum atomic E-state index is 13.0. The van der Waals surface area contributed by atoms with Gasteiger partial charge in [-0.15, -0.1) is 0 Å². The van der Waals surface area contributed by atoms with Crippen molar-refractivity contribution < 1.29 is 14.3 Å². The highest BCUT2D eigenvalue weighted by atomic mass is 35.5. The lowest BCUT2D eigenvalue weighted by molar-refractivity contribution is -0.130. The molecule has 0 spiro atoms. The summed E-state index contributed by atoms with van der Waals surface area (Å²) in [5.41, 5.74) is 2.70. The van der Waals surface area contributed by atoms with E-state index >= 15 is 0 Å². The summed E-state index contributed by atoms with van der Waals surface area (Å²) >= 11 is 6.23. The van der Waals surface area contributed by atoms with Gasteiger partial charge in [-0.3, -0.25) is 14.5 Å². The lowest BCUT2D eigenvalue weighted by Gasteiger charge is -2.34. The van der Waals surface area contributed by atoms with Crippen molar-refractivity contribution in [1.82, 2.24) is 14.7 Å². The predicted octanol–water partition coefficient (Wildman–Crippen LogP) is 3.04. The summed E-state index contributed by atoms with van der Waals surface area (Å²) in [6, 6.07) is 13.4. The number of amides is 2. The molecule has 0 atom stereocenters. The van der Waals surface area contributed by atoms with E-state index in [-0.39, 0.29) is 11.8 Å². The molecule has 2 aromatic rings. The first-order valence-electron chi connectivity index (χ1n) is 10.3. The van der Waals surface area contributed by atoms with Crippen LogP contribution in [0.3, 0.4) is 0 Å². The second kappa shape index (κ2) is 9.06. The van der Waals surface area contributed by atoms with E-state index < -0.39 is 0 Å². The normalized spacial score (nSPS) is 17.1. The Kier molecular flexibility index (Phi) is 6.25. The number of piperazine rings is 1. The van der Waals surface area contributed by atoms with Gasteiger partial charge in [-0.1, -0.05) is 29.8 Å². The summed E-state index contributed by atoms with van der Waals surface area (Å²) in [6.45, 7) is 7.17. The van der Waals surface area contributed by atoms with Crippen molar-refractivity contribution in [3.63, 3.8) is 0 Å². The minimum Gasteiger partial charge on any atom is -0.491 e. The molecule has 2 amide bonds. The Hall–Kier alpha value is -2.57. The zero-order valence-electron chi connectivity index (χ0n) is 17.1. The fourth-order valence-electron chi connectivity index (χ4n) is 4.00. The molecule has 7 heteroatoms. The molecule has 0 aromatic heterocycles. The molecular formula is C23H26ClN3O3. The standard InChI is InChI=1S/C23H26ClN3O3/c1-17(28)26-10-8-25(9-11-26)15-18-6-7-22-19(14-18)16-27(12-13-30-22)23(29)20-4-2-3-5-21(20)24/h2-7,14H,8-13,15-16H2,1H3. The van der Waals surface area contributed by atoms with Gasteiger partial charge in [-0.25, -0.2) is 0 Å². The van der Waals surface area contributed by atoms with Gasteiger partial charge in [-0.05, 0) is 29.8 Å². The first kappa shape index (κ1) is 20.7. The molecule has 2 aromatic carbocycles. The summed E-state index contributed by atoms with van der Waals surface area (Å²) in [5, 5.41) is 0.464. The van der Waals surface area contributed by atoms with Crippen LogP contribution in [0.2, 0.25) is 5.02 Å². The van der Waals surface area contributed by atoms with Crippen LogP contribution in [0.4, 0.5) is 0 Å². The van der Waals surface area contributed by atoms with E-state index in [1.165, 1.54) is 5.56 Å².